The van der Waals surface area contributed by atoms with Gasteiger partial charge in [-0.3, -0.25) is 4.79 Å². The first-order valence-corrected chi connectivity index (χ1v) is 6.00. The molecule has 1 amide bonds. The van der Waals surface area contributed by atoms with E-state index in [0.717, 1.165) is 25.5 Å². The van der Waals surface area contributed by atoms with Gasteiger partial charge in [-0.25, -0.2) is 8.42 Å². The van der Waals surface area contributed by atoms with Crippen molar-refractivity contribution in [2.24, 2.45) is 0 Å². The summed E-state index contributed by atoms with van der Waals surface area (Å²) in [6.45, 7) is 0. The van der Waals surface area contributed by atoms with E-state index in [9.17, 15) is 13.2 Å². The molecule has 12 heavy (non-hydrogen) atoms. The summed E-state index contributed by atoms with van der Waals surface area (Å²) in [5.74, 6) is -0.758. The van der Waals surface area contributed by atoms with Crippen LogP contribution in [0.2, 0.25) is 0 Å². The number of rotatable bonds is 3. The van der Waals surface area contributed by atoms with Gasteiger partial charge in [-0.15, -0.1) is 0 Å². The first-order valence-electron chi connectivity index (χ1n) is 3.94. The molecule has 0 aromatic rings. The summed E-state index contributed by atoms with van der Waals surface area (Å²) in [7, 11) is -3.17. The monoisotopic (exact) mass is 191 g/mol. The minimum atomic E-state index is -3.17. The highest BCUT2D eigenvalue weighted by Gasteiger charge is 2.20. The Kier molecular flexibility index (Phi) is 2.72. The zero-order valence-corrected chi connectivity index (χ0v) is 7.86. The maximum atomic E-state index is 11.0. The van der Waals surface area contributed by atoms with Crippen LogP contribution in [-0.2, 0) is 14.6 Å². The second-order valence-corrected chi connectivity index (χ2v) is 5.41. The van der Waals surface area contributed by atoms with Gasteiger partial charge in [0.05, 0.1) is 0 Å². The Morgan fingerprint density at radius 1 is 1.50 bits per heavy atom. The Hall–Kier alpha value is -0.580. The summed E-state index contributed by atoms with van der Waals surface area (Å²) >= 11 is 0. The molecule has 0 heterocycles. The van der Waals surface area contributed by atoms with E-state index in [4.69, 9.17) is 0 Å². The number of carbonyl (C=O) groups excluding carboxylic acids is 1. The molecule has 1 saturated carbocycles. The lowest BCUT2D eigenvalue weighted by Crippen LogP contribution is -2.42. The molecule has 1 aliphatic carbocycles. The van der Waals surface area contributed by atoms with E-state index in [1.807, 2.05) is 0 Å². The largest absolute Gasteiger partial charge is 0.352 e. The molecule has 1 fully saturated rings. The Bertz CT molecular complexity index is 266. The van der Waals surface area contributed by atoms with Gasteiger partial charge in [0.2, 0.25) is 5.91 Å². The summed E-state index contributed by atoms with van der Waals surface area (Å²) in [4.78, 5) is 11.0. The average Bonchev–Trinajstić information content (AvgIpc) is 1.74. The van der Waals surface area contributed by atoms with Crippen LogP contribution in [0.5, 0.6) is 0 Å². The molecule has 1 rings (SSSR count). The lowest BCUT2D eigenvalue weighted by molar-refractivity contribution is -0.119. The van der Waals surface area contributed by atoms with Crippen molar-refractivity contribution in [2.45, 2.75) is 25.3 Å². The minimum Gasteiger partial charge on any atom is -0.352 e. The van der Waals surface area contributed by atoms with Gasteiger partial charge in [-0.1, -0.05) is 0 Å². The fraction of sp³-hybridized carbons (Fsp3) is 0.857. The van der Waals surface area contributed by atoms with Gasteiger partial charge < -0.3 is 5.32 Å². The number of amides is 1. The zero-order valence-electron chi connectivity index (χ0n) is 7.04. The second kappa shape index (κ2) is 3.43. The highest BCUT2D eigenvalue weighted by atomic mass is 32.2. The number of hydrogen-bond donors (Lipinski definition) is 1. The average molecular weight is 191 g/mol. The Labute approximate surface area is 72.3 Å². The highest BCUT2D eigenvalue weighted by molar-refractivity contribution is 7.91. The van der Waals surface area contributed by atoms with Crippen molar-refractivity contribution in [3.8, 4) is 0 Å². The predicted octanol–water partition coefficient (Wildman–Crippen LogP) is -0.300. The van der Waals surface area contributed by atoms with E-state index < -0.39 is 9.84 Å². The smallest absolute Gasteiger partial charge is 0.235 e. The van der Waals surface area contributed by atoms with Crippen LogP contribution in [-0.4, -0.2) is 32.4 Å². The molecule has 0 aromatic heterocycles. The molecule has 0 bridgehead atoms. The first kappa shape index (κ1) is 9.51. The van der Waals surface area contributed by atoms with Crippen LogP contribution >= 0.6 is 0 Å². The maximum Gasteiger partial charge on any atom is 0.235 e. The van der Waals surface area contributed by atoms with Crippen LogP contribution in [0.1, 0.15) is 19.3 Å². The van der Waals surface area contributed by atoms with Crippen molar-refractivity contribution in [3.05, 3.63) is 0 Å². The third-order valence-corrected chi connectivity index (χ3v) is 2.65. The van der Waals surface area contributed by atoms with Crippen molar-refractivity contribution in [3.63, 3.8) is 0 Å². The predicted molar refractivity (Wildman–Crippen MR) is 45.5 cm³/mol. The molecule has 0 radical (unpaired) electrons. The fourth-order valence-corrected chi connectivity index (χ4v) is 1.62. The van der Waals surface area contributed by atoms with Crippen molar-refractivity contribution < 1.29 is 13.2 Å². The van der Waals surface area contributed by atoms with Gasteiger partial charge in [-0.05, 0) is 19.3 Å². The van der Waals surface area contributed by atoms with Gasteiger partial charge in [0.15, 0.2) is 9.84 Å². The molecule has 0 aliphatic heterocycles. The Morgan fingerprint density at radius 2 is 2.08 bits per heavy atom. The SMILES string of the molecule is CS(=O)(=O)CC(=O)NC1CCC1. The van der Waals surface area contributed by atoms with Crippen LogP contribution in [0, 0.1) is 0 Å². The summed E-state index contributed by atoms with van der Waals surface area (Å²) in [5.41, 5.74) is 0. The standard InChI is InChI=1S/C7H13NO3S/c1-12(10,11)5-7(9)8-6-3-2-4-6/h6H,2-5H2,1H3,(H,8,9). The molecular formula is C7H13NO3S. The van der Waals surface area contributed by atoms with E-state index >= 15 is 0 Å². The molecule has 0 unspecified atom stereocenters. The van der Waals surface area contributed by atoms with Crippen molar-refractivity contribution in [1.29, 1.82) is 0 Å². The summed E-state index contributed by atoms with van der Waals surface area (Å²) in [6, 6.07) is 0.222. The minimum absolute atomic E-state index is 0.222. The van der Waals surface area contributed by atoms with Crippen LogP contribution in [0.3, 0.4) is 0 Å². The normalized spacial score (nSPS) is 18.4. The number of carbonyl (C=O) groups is 1. The molecule has 5 heteroatoms. The Balaban J connectivity index is 2.29. The molecule has 1 aliphatic rings. The van der Waals surface area contributed by atoms with Crippen molar-refractivity contribution >= 4 is 15.7 Å². The molecule has 4 nitrogen and oxygen atoms in total. The van der Waals surface area contributed by atoms with E-state index in [2.05, 4.69) is 5.32 Å². The van der Waals surface area contributed by atoms with E-state index in [0.29, 0.717) is 0 Å². The molecule has 0 atom stereocenters. The van der Waals surface area contributed by atoms with Gasteiger partial charge >= 0.3 is 0 Å². The zero-order chi connectivity index (χ0) is 9.19. The number of hydrogen-bond acceptors (Lipinski definition) is 3. The molecule has 0 saturated heterocycles. The van der Waals surface area contributed by atoms with Gasteiger partial charge in [-0.2, -0.15) is 0 Å². The first-order chi connectivity index (χ1) is 5.47. The summed E-state index contributed by atoms with van der Waals surface area (Å²) in [5, 5.41) is 2.65. The lowest BCUT2D eigenvalue weighted by atomic mass is 9.93. The summed E-state index contributed by atoms with van der Waals surface area (Å²) in [6.07, 6.45) is 4.15. The summed E-state index contributed by atoms with van der Waals surface area (Å²) < 4.78 is 21.3. The molecule has 0 spiro atoms. The van der Waals surface area contributed by atoms with Gasteiger partial charge in [0.25, 0.3) is 0 Å². The van der Waals surface area contributed by atoms with E-state index in [1.54, 1.807) is 0 Å². The second-order valence-electron chi connectivity index (χ2n) is 3.27. The van der Waals surface area contributed by atoms with E-state index in [-0.39, 0.29) is 17.7 Å². The van der Waals surface area contributed by atoms with E-state index in [1.165, 1.54) is 0 Å². The molecule has 70 valence electrons. The Morgan fingerprint density at radius 3 is 2.42 bits per heavy atom. The third-order valence-electron chi connectivity index (χ3n) is 1.86. The quantitative estimate of drug-likeness (QED) is 0.666. The van der Waals surface area contributed by atoms with Crippen LogP contribution in [0.15, 0.2) is 0 Å². The van der Waals surface area contributed by atoms with Crippen molar-refractivity contribution in [2.75, 3.05) is 12.0 Å². The highest BCUT2D eigenvalue weighted by Crippen LogP contribution is 2.17. The number of sulfone groups is 1. The van der Waals surface area contributed by atoms with Gasteiger partial charge in [0, 0.05) is 12.3 Å². The maximum absolute atomic E-state index is 11.0. The van der Waals surface area contributed by atoms with Crippen LogP contribution < -0.4 is 5.32 Å². The van der Waals surface area contributed by atoms with Crippen LogP contribution in [0.25, 0.3) is 0 Å². The topological polar surface area (TPSA) is 63.2 Å². The fourth-order valence-electron chi connectivity index (χ4n) is 1.06. The van der Waals surface area contributed by atoms with Crippen molar-refractivity contribution in [1.82, 2.24) is 5.32 Å². The molecule has 0 aromatic carbocycles. The molecular weight excluding hydrogens is 178 g/mol. The molecule has 1 N–H and O–H groups in total. The number of nitrogens with one attached hydrogen (secondary N) is 1. The third kappa shape index (κ3) is 3.21. The lowest BCUT2D eigenvalue weighted by Gasteiger charge is -2.26. The van der Waals surface area contributed by atoms with Gasteiger partial charge in [0.1, 0.15) is 5.75 Å². The van der Waals surface area contributed by atoms with Crippen LogP contribution in [0.4, 0.5) is 0 Å².